The number of carboxylic acids is 1. The van der Waals surface area contributed by atoms with Gasteiger partial charge in [0.2, 0.25) is 5.91 Å². The third-order valence-corrected chi connectivity index (χ3v) is 2.35. The van der Waals surface area contributed by atoms with Gasteiger partial charge in [-0.05, 0) is 19.1 Å². The molecule has 0 spiro atoms. The highest BCUT2D eigenvalue weighted by molar-refractivity contribution is 5.89. The van der Waals surface area contributed by atoms with Gasteiger partial charge in [0.05, 0.1) is 17.8 Å². The summed E-state index contributed by atoms with van der Waals surface area (Å²) in [5.74, 6) is -0.569. The van der Waals surface area contributed by atoms with Gasteiger partial charge in [0, 0.05) is 14.1 Å². The molecule has 0 radical (unpaired) electrons. The number of carbonyl (C=O) groups is 2. The van der Waals surface area contributed by atoms with Crippen molar-refractivity contribution < 1.29 is 14.7 Å². The van der Waals surface area contributed by atoms with E-state index in [1.54, 1.807) is 32.0 Å². The van der Waals surface area contributed by atoms with Gasteiger partial charge in [0.15, 0.2) is 0 Å². The van der Waals surface area contributed by atoms with Gasteiger partial charge in [-0.3, -0.25) is 4.79 Å². The van der Waals surface area contributed by atoms with Crippen molar-refractivity contribution in [2.75, 3.05) is 25.5 Å². The zero-order valence-corrected chi connectivity index (χ0v) is 10.0. The topological polar surface area (TPSA) is 82.5 Å². The molecule has 0 bridgehead atoms. The highest BCUT2D eigenvalue weighted by atomic mass is 16.4. The number of aryl methyl sites for hydroxylation is 1. The molecule has 0 unspecified atom stereocenters. The Labute approximate surface area is 99.3 Å². The molecule has 0 aliphatic heterocycles. The van der Waals surface area contributed by atoms with Crippen LogP contribution in [0.2, 0.25) is 0 Å². The summed E-state index contributed by atoms with van der Waals surface area (Å²) < 4.78 is 0. The summed E-state index contributed by atoms with van der Waals surface area (Å²) in [6.45, 7) is 1.80. The van der Waals surface area contributed by atoms with Crippen LogP contribution in [0.15, 0.2) is 12.1 Å². The van der Waals surface area contributed by atoms with Crippen molar-refractivity contribution in [1.29, 1.82) is 0 Å². The second-order valence-corrected chi connectivity index (χ2v) is 3.64. The molecule has 1 aromatic rings. The molecule has 0 aliphatic carbocycles. The lowest BCUT2D eigenvalue weighted by molar-refractivity contribution is -0.119. The molecule has 92 valence electrons. The first-order valence-corrected chi connectivity index (χ1v) is 5.08. The molecule has 1 amide bonds. The molecule has 1 aromatic heterocycles. The van der Waals surface area contributed by atoms with Crippen LogP contribution >= 0.6 is 0 Å². The Balaban J connectivity index is 2.89. The Kier molecular flexibility index (Phi) is 4.03. The standard InChI is InChI=1S/C11H15N3O3/c1-7-8(11(16)17)4-5-9(13-7)14(3)6-10(15)12-2/h4-5H,6H2,1-3H3,(H,12,15)(H,16,17). The average Bonchev–Trinajstić information content (AvgIpc) is 2.28. The van der Waals surface area contributed by atoms with Crippen molar-refractivity contribution in [3.8, 4) is 0 Å². The lowest BCUT2D eigenvalue weighted by Crippen LogP contribution is -2.33. The van der Waals surface area contributed by atoms with Crippen LogP contribution in [0.4, 0.5) is 5.82 Å². The number of rotatable bonds is 4. The molecule has 0 saturated heterocycles. The van der Waals surface area contributed by atoms with Crippen molar-refractivity contribution in [2.45, 2.75) is 6.92 Å². The van der Waals surface area contributed by atoms with Gasteiger partial charge in [-0.1, -0.05) is 0 Å². The number of aromatic nitrogens is 1. The maximum atomic E-state index is 11.2. The molecular weight excluding hydrogens is 222 g/mol. The molecular formula is C11H15N3O3. The van der Waals surface area contributed by atoms with Gasteiger partial charge in [-0.15, -0.1) is 0 Å². The molecule has 0 saturated carbocycles. The number of likely N-dealkylation sites (N-methyl/N-ethyl adjacent to an activating group) is 2. The van der Waals surface area contributed by atoms with Gasteiger partial charge in [0.25, 0.3) is 0 Å². The van der Waals surface area contributed by atoms with Gasteiger partial charge in [-0.25, -0.2) is 9.78 Å². The summed E-state index contributed by atoms with van der Waals surface area (Å²) in [4.78, 5) is 27.8. The Morgan fingerprint density at radius 2 is 2.12 bits per heavy atom. The van der Waals surface area contributed by atoms with E-state index in [9.17, 15) is 9.59 Å². The predicted molar refractivity (Wildman–Crippen MR) is 63.3 cm³/mol. The lowest BCUT2D eigenvalue weighted by Gasteiger charge is -2.17. The van der Waals surface area contributed by atoms with Crippen LogP contribution < -0.4 is 10.2 Å². The quantitative estimate of drug-likeness (QED) is 0.785. The molecule has 17 heavy (non-hydrogen) atoms. The number of hydrogen-bond acceptors (Lipinski definition) is 4. The normalized spacial score (nSPS) is 9.82. The highest BCUT2D eigenvalue weighted by Gasteiger charge is 2.12. The van der Waals surface area contributed by atoms with E-state index in [0.29, 0.717) is 11.5 Å². The molecule has 6 heteroatoms. The van der Waals surface area contributed by atoms with Crippen molar-refractivity contribution in [3.63, 3.8) is 0 Å². The summed E-state index contributed by atoms with van der Waals surface area (Å²) in [6.07, 6.45) is 0. The van der Waals surface area contributed by atoms with E-state index in [1.165, 1.54) is 6.07 Å². The minimum atomic E-state index is -1.00. The van der Waals surface area contributed by atoms with Gasteiger partial charge in [-0.2, -0.15) is 0 Å². The van der Waals surface area contributed by atoms with Gasteiger partial charge < -0.3 is 15.3 Å². The highest BCUT2D eigenvalue weighted by Crippen LogP contribution is 2.13. The average molecular weight is 237 g/mol. The van der Waals surface area contributed by atoms with Crippen molar-refractivity contribution in [1.82, 2.24) is 10.3 Å². The molecule has 0 aliphatic rings. The molecule has 0 atom stereocenters. The molecule has 1 heterocycles. The van der Waals surface area contributed by atoms with Crippen LogP contribution in [0.5, 0.6) is 0 Å². The molecule has 0 fully saturated rings. The first-order chi connectivity index (χ1) is 7.95. The van der Waals surface area contributed by atoms with Gasteiger partial charge in [0.1, 0.15) is 5.82 Å². The minimum Gasteiger partial charge on any atom is -0.478 e. The fraction of sp³-hybridized carbons (Fsp3) is 0.364. The van der Waals surface area contributed by atoms with E-state index in [4.69, 9.17) is 5.11 Å². The predicted octanol–water partition coefficient (Wildman–Crippen LogP) is 0.270. The SMILES string of the molecule is CNC(=O)CN(C)c1ccc(C(=O)O)c(C)n1. The summed E-state index contributed by atoms with van der Waals surface area (Å²) in [5.41, 5.74) is 0.598. The van der Waals surface area contributed by atoms with Crippen molar-refractivity contribution in [2.24, 2.45) is 0 Å². The summed E-state index contributed by atoms with van der Waals surface area (Å²) in [7, 11) is 3.28. The van der Waals surface area contributed by atoms with Crippen molar-refractivity contribution >= 4 is 17.7 Å². The number of nitrogens with one attached hydrogen (secondary N) is 1. The van der Waals surface area contributed by atoms with E-state index in [0.717, 1.165) is 0 Å². The van der Waals surface area contributed by atoms with E-state index >= 15 is 0 Å². The summed E-state index contributed by atoms with van der Waals surface area (Å²) >= 11 is 0. The molecule has 6 nitrogen and oxygen atoms in total. The first kappa shape index (κ1) is 13.0. The smallest absolute Gasteiger partial charge is 0.337 e. The Bertz CT molecular complexity index is 446. The summed E-state index contributed by atoms with van der Waals surface area (Å²) in [6, 6.07) is 3.07. The maximum absolute atomic E-state index is 11.2. The van der Waals surface area contributed by atoms with Crippen LogP contribution in [0.25, 0.3) is 0 Å². The van der Waals surface area contributed by atoms with Gasteiger partial charge >= 0.3 is 5.97 Å². The number of hydrogen-bond donors (Lipinski definition) is 2. The van der Waals surface area contributed by atoms with Crippen LogP contribution in [0.3, 0.4) is 0 Å². The van der Waals surface area contributed by atoms with Crippen molar-refractivity contribution in [3.05, 3.63) is 23.4 Å². The zero-order chi connectivity index (χ0) is 13.0. The second-order valence-electron chi connectivity index (χ2n) is 3.64. The zero-order valence-electron chi connectivity index (χ0n) is 10.0. The van der Waals surface area contributed by atoms with E-state index in [-0.39, 0.29) is 18.0 Å². The van der Waals surface area contributed by atoms with Crippen LogP contribution in [-0.2, 0) is 4.79 Å². The largest absolute Gasteiger partial charge is 0.478 e. The van der Waals surface area contributed by atoms with E-state index in [1.807, 2.05) is 0 Å². The third-order valence-electron chi connectivity index (χ3n) is 2.35. The van der Waals surface area contributed by atoms with Crippen LogP contribution in [-0.4, -0.2) is 42.6 Å². The number of pyridine rings is 1. The Morgan fingerprint density at radius 1 is 1.47 bits per heavy atom. The fourth-order valence-electron chi connectivity index (χ4n) is 1.36. The summed E-state index contributed by atoms with van der Waals surface area (Å²) in [5, 5.41) is 11.4. The third kappa shape index (κ3) is 3.17. The van der Waals surface area contributed by atoms with E-state index in [2.05, 4.69) is 10.3 Å². The Morgan fingerprint density at radius 3 is 2.59 bits per heavy atom. The lowest BCUT2D eigenvalue weighted by atomic mass is 10.2. The first-order valence-electron chi connectivity index (χ1n) is 5.08. The number of carbonyl (C=O) groups excluding carboxylic acids is 1. The monoisotopic (exact) mass is 237 g/mol. The number of amides is 1. The minimum absolute atomic E-state index is 0.130. The number of carboxylic acid groups (broad SMARTS) is 1. The second kappa shape index (κ2) is 5.29. The fourth-order valence-corrected chi connectivity index (χ4v) is 1.36. The van der Waals surface area contributed by atoms with E-state index < -0.39 is 5.97 Å². The number of anilines is 1. The molecule has 0 aromatic carbocycles. The number of aromatic carboxylic acids is 1. The van der Waals surface area contributed by atoms with Crippen LogP contribution in [0, 0.1) is 6.92 Å². The van der Waals surface area contributed by atoms with Crippen LogP contribution in [0.1, 0.15) is 16.1 Å². The maximum Gasteiger partial charge on any atom is 0.337 e. The molecule has 2 N–H and O–H groups in total. The Hall–Kier alpha value is -2.11. The molecule has 1 rings (SSSR count). The number of nitrogens with zero attached hydrogens (tertiary/aromatic N) is 2.